The largest absolute Gasteiger partial charge is 0.361 e. The molecule has 1 fully saturated rings. The Balaban J connectivity index is 1.72. The van der Waals surface area contributed by atoms with E-state index in [-0.39, 0.29) is 18.1 Å². The van der Waals surface area contributed by atoms with Crippen LogP contribution in [0.5, 0.6) is 0 Å². The Morgan fingerprint density at radius 2 is 2.07 bits per heavy atom. The number of rotatable bonds is 4. The van der Waals surface area contributed by atoms with Gasteiger partial charge in [0.15, 0.2) is 0 Å². The molecule has 146 valence electrons. The van der Waals surface area contributed by atoms with E-state index in [0.29, 0.717) is 0 Å². The zero-order valence-electron chi connectivity index (χ0n) is 17.1. The van der Waals surface area contributed by atoms with E-state index in [1.165, 1.54) is 16.7 Å². The van der Waals surface area contributed by atoms with Crippen molar-refractivity contribution in [2.75, 3.05) is 6.54 Å². The van der Waals surface area contributed by atoms with E-state index in [1.807, 2.05) is 25.7 Å². The number of piperidine rings is 1. The van der Waals surface area contributed by atoms with Gasteiger partial charge in [-0.2, -0.15) is 0 Å². The lowest BCUT2D eigenvalue weighted by molar-refractivity contribution is 0.148. The first-order valence-electron chi connectivity index (χ1n) is 9.93. The fourth-order valence-corrected chi connectivity index (χ4v) is 4.08. The summed E-state index contributed by atoms with van der Waals surface area (Å²) in [6.07, 6.45) is 3.98. The van der Waals surface area contributed by atoms with E-state index in [9.17, 15) is 4.79 Å². The number of amides is 2. The minimum Gasteiger partial charge on any atom is -0.361 e. The van der Waals surface area contributed by atoms with Gasteiger partial charge in [0, 0.05) is 18.2 Å². The van der Waals surface area contributed by atoms with Crippen molar-refractivity contribution in [3.63, 3.8) is 0 Å². The van der Waals surface area contributed by atoms with Crippen molar-refractivity contribution in [1.29, 1.82) is 0 Å². The molecule has 0 spiro atoms. The molecule has 1 aliphatic rings. The summed E-state index contributed by atoms with van der Waals surface area (Å²) in [6.45, 7) is 11.0. The van der Waals surface area contributed by atoms with E-state index in [1.54, 1.807) is 0 Å². The van der Waals surface area contributed by atoms with Gasteiger partial charge in [0.05, 0.1) is 11.7 Å². The number of aromatic nitrogens is 1. The topological polar surface area (TPSA) is 58.4 Å². The standard InChI is InChI=1S/C22H31N3O2/c1-14-9-8-10-19(16(14)3)21-11-6-7-12-25(21)22(26)23-15(2)13-20-17(4)24-27-18(20)5/h8-10,15,21H,6-7,11-13H2,1-5H3,(H,23,26). The minimum absolute atomic E-state index is 0.0236. The quantitative estimate of drug-likeness (QED) is 0.844. The molecule has 1 aliphatic heterocycles. The van der Waals surface area contributed by atoms with E-state index >= 15 is 0 Å². The van der Waals surface area contributed by atoms with Crippen molar-refractivity contribution in [2.24, 2.45) is 0 Å². The molecule has 5 heteroatoms. The number of urea groups is 1. The minimum atomic E-state index is 0.0236. The first kappa shape index (κ1) is 19.5. The first-order chi connectivity index (χ1) is 12.9. The normalized spacial score (nSPS) is 18.4. The third-order valence-corrected chi connectivity index (χ3v) is 5.83. The molecular weight excluding hydrogens is 338 g/mol. The monoisotopic (exact) mass is 369 g/mol. The van der Waals surface area contributed by atoms with Gasteiger partial charge < -0.3 is 14.7 Å². The lowest BCUT2D eigenvalue weighted by Gasteiger charge is -2.37. The van der Waals surface area contributed by atoms with Crippen molar-refractivity contribution in [3.05, 3.63) is 51.9 Å². The molecule has 3 rings (SSSR count). The van der Waals surface area contributed by atoms with Crippen molar-refractivity contribution in [1.82, 2.24) is 15.4 Å². The van der Waals surface area contributed by atoms with Crippen LogP contribution >= 0.6 is 0 Å². The molecule has 0 aliphatic carbocycles. The third kappa shape index (κ3) is 4.18. The number of nitrogens with one attached hydrogen (secondary N) is 1. The summed E-state index contributed by atoms with van der Waals surface area (Å²) in [5.74, 6) is 0.833. The van der Waals surface area contributed by atoms with Gasteiger partial charge in [0.2, 0.25) is 0 Å². The number of benzene rings is 1. The smallest absolute Gasteiger partial charge is 0.318 e. The number of carbonyl (C=O) groups excluding carboxylic acids is 1. The molecule has 1 saturated heterocycles. The molecule has 1 aromatic heterocycles. The fourth-order valence-electron chi connectivity index (χ4n) is 4.08. The second-order valence-electron chi connectivity index (χ2n) is 7.85. The molecular formula is C22H31N3O2. The van der Waals surface area contributed by atoms with Gasteiger partial charge in [-0.25, -0.2) is 4.79 Å². The number of nitrogens with zero attached hydrogens (tertiary/aromatic N) is 2. The second kappa shape index (κ2) is 8.15. The summed E-state index contributed by atoms with van der Waals surface area (Å²) in [5, 5.41) is 7.20. The highest BCUT2D eigenvalue weighted by molar-refractivity contribution is 5.75. The number of hydrogen-bond donors (Lipinski definition) is 1. The highest BCUT2D eigenvalue weighted by atomic mass is 16.5. The van der Waals surface area contributed by atoms with Gasteiger partial charge in [-0.1, -0.05) is 23.4 Å². The van der Waals surface area contributed by atoms with Gasteiger partial charge in [0.25, 0.3) is 0 Å². The van der Waals surface area contributed by atoms with Crippen LogP contribution < -0.4 is 5.32 Å². The van der Waals surface area contributed by atoms with Crippen LogP contribution in [-0.2, 0) is 6.42 Å². The molecule has 2 atom stereocenters. The summed E-state index contributed by atoms with van der Waals surface area (Å²) in [6, 6.07) is 6.62. The summed E-state index contributed by atoms with van der Waals surface area (Å²) in [4.78, 5) is 15.1. The summed E-state index contributed by atoms with van der Waals surface area (Å²) < 4.78 is 5.24. The molecule has 2 amide bonds. The van der Waals surface area contributed by atoms with E-state index in [0.717, 1.165) is 49.2 Å². The number of carbonyl (C=O) groups is 1. The van der Waals surface area contributed by atoms with Crippen molar-refractivity contribution < 1.29 is 9.32 Å². The van der Waals surface area contributed by atoms with Crippen LogP contribution in [0.1, 0.15) is 65.9 Å². The first-order valence-corrected chi connectivity index (χ1v) is 9.93. The predicted octanol–water partition coefficient (Wildman–Crippen LogP) is 4.78. The van der Waals surface area contributed by atoms with E-state index in [4.69, 9.17) is 4.52 Å². The van der Waals surface area contributed by atoms with Gasteiger partial charge in [-0.15, -0.1) is 0 Å². The second-order valence-corrected chi connectivity index (χ2v) is 7.85. The Morgan fingerprint density at radius 3 is 2.78 bits per heavy atom. The molecule has 2 aromatic rings. The lowest BCUT2D eigenvalue weighted by atomic mass is 9.90. The third-order valence-electron chi connectivity index (χ3n) is 5.83. The van der Waals surface area contributed by atoms with Crippen LogP contribution in [0.3, 0.4) is 0 Å². The highest BCUT2D eigenvalue weighted by Gasteiger charge is 2.30. The highest BCUT2D eigenvalue weighted by Crippen LogP contribution is 2.33. The van der Waals surface area contributed by atoms with Gasteiger partial charge in [0.1, 0.15) is 5.76 Å². The van der Waals surface area contributed by atoms with Crippen LogP contribution in [-0.4, -0.2) is 28.7 Å². The lowest BCUT2D eigenvalue weighted by Crippen LogP contribution is -2.48. The Labute approximate surface area is 162 Å². The average molecular weight is 370 g/mol. The number of likely N-dealkylation sites (tertiary alicyclic amines) is 1. The summed E-state index contributed by atoms with van der Waals surface area (Å²) in [5.41, 5.74) is 5.85. The molecule has 1 aromatic carbocycles. The SMILES string of the molecule is Cc1cccc(C2CCCCN2C(=O)NC(C)Cc2c(C)noc2C)c1C. The predicted molar refractivity (Wildman–Crippen MR) is 107 cm³/mol. The fraction of sp³-hybridized carbons (Fsp3) is 0.545. The Morgan fingerprint density at radius 1 is 1.30 bits per heavy atom. The Kier molecular flexibility index (Phi) is 5.88. The maximum atomic E-state index is 13.1. The Bertz CT molecular complexity index is 792. The van der Waals surface area contributed by atoms with Gasteiger partial charge in [-0.3, -0.25) is 0 Å². The van der Waals surface area contributed by atoms with Crippen molar-refractivity contribution in [2.45, 2.75) is 72.4 Å². The van der Waals surface area contributed by atoms with Crippen molar-refractivity contribution in [3.8, 4) is 0 Å². The molecule has 27 heavy (non-hydrogen) atoms. The van der Waals surface area contributed by atoms with Crippen LogP contribution in [0.15, 0.2) is 22.7 Å². The summed E-state index contributed by atoms with van der Waals surface area (Å²) >= 11 is 0. The average Bonchev–Trinajstić information content (AvgIpc) is 2.96. The molecule has 0 bridgehead atoms. The van der Waals surface area contributed by atoms with E-state index < -0.39 is 0 Å². The van der Waals surface area contributed by atoms with Gasteiger partial charge in [-0.05, 0) is 77.0 Å². The maximum absolute atomic E-state index is 13.1. The molecule has 2 unspecified atom stereocenters. The number of hydrogen-bond acceptors (Lipinski definition) is 3. The molecule has 2 heterocycles. The van der Waals surface area contributed by atoms with Crippen LogP contribution in [0.4, 0.5) is 4.79 Å². The van der Waals surface area contributed by atoms with Crippen LogP contribution in [0.25, 0.3) is 0 Å². The van der Waals surface area contributed by atoms with Gasteiger partial charge >= 0.3 is 6.03 Å². The van der Waals surface area contributed by atoms with Crippen molar-refractivity contribution >= 4 is 6.03 Å². The Hall–Kier alpha value is -2.30. The van der Waals surface area contributed by atoms with Crippen LogP contribution in [0.2, 0.25) is 0 Å². The zero-order chi connectivity index (χ0) is 19.6. The zero-order valence-corrected chi connectivity index (χ0v) is 17.1. The van der Waals surface area contributed by atoms with E-state index in [2.05, 4.69) is 42.5 Å². The molecule has 5 nitrogen and oxygen atoms in total. The molecule has 0 saturated carbocycles. The van der Waals surface area contributed by atoms with Crippen LogP contribution in [0, 0.1) is 27.7 Å². The molecule has 0 radical (unpaired) electrons. The molecule has 1 N–H and O–H groups in total. The number of aryl methyl sites for hydroxylation is 3. The maximum Gasteiger partial charge on any atom is 0.318 e. The summed E-state index contributed by atoms with van der Waals surface area (Å²) in [7, 11) is 0.